The lowest BCUT2D eigenvalue weighted by Gasteiger charge is -2.27. The normalized spacial score (nSPS) is 11.6. The molecule has 0 aromatic heterocycles. The number of para-hydroxylation sites is 4. The van der Waals surface area contributed by atoms with Crippen LogP contribution in [0.3, 0.4) is 0 Å². The van der Waals surface area contributed by atoms with Crippen LogP contribution < -0.4 is 21.5 Å². The molecule has 6 heteroatoms. The monoisotopic (exact) mass is 420 g/mol. The summed E-state index contributed by atoms with van der Waals surface area (Å²) >= 11 is 0. The molecule has 4 aromatic carbocycles. The van der Waals surface area contributed by atoms with E-state index in [2.05, 4.69) is 15.7 Å². The van der Waals surface area contributed by atoms with Gasteiger partial charge in [0.1, 0.15) is 0 Å². The molecule has 0 spiro atoms. The second-order valence-corrected chi connectivity index (χ2v) is 6.88. The fourth-order valence-corrected chi connectivity index (χ4v) is 3.01. The van der Waals surface area contributed by atoms with Gasteiger partial charge in [-0.3, -0.25) is 5.43 Å². The van der Waals surface area contributed by atoms with Gasteiger partial charge in [0.15, 0.2) is 0 Å². The van der Waals surface area contributed by atoms with Gasteiger partial charge in [-0.1, -0.05) is 72.8 Å². The number of nitrogens with two attached hydrogens (primary N) is 1. The van der Waals surface area contributed by atoms with Gasteiger partial charge in [-0.2, -0.15) is 0 Å². The summed E-state index contributed by atoms with van der Waals surface area (Å²) < 4.78 is 0. The number of guanidine groups is 2. The Bertz CT molecular complexity index is 1160. The summed E-state index contributed by atoms with van der Waals surface area (Å²) in [6, 6.07) is 39.0. The Kier molecular flexibility index (Phi) is 6.75. The van der Waals surface area contributed by atoms with Crippen LogP contribution in [0.25, 0.3) is 0 Å². The second kappa shape index (κ2) is 10.4. The van der Waals surface area contributed by atoms with Gasteiger partial charge in [-0.25, -0.2) is 15.0 Å². The van der Waals surface area contributed by atoms with Crippen LogP contribution in [0, 0.1) is 0 Å². The minimum absolute atomic E-state index is 0.232. The Balaban J connectivity index is 1.74. The summed E-state index contributed by atoms with van der Waals surface area (Å²) in [6.45, 7) is 0. The van der Waals surface area contributed by atoms with Crippen molar-refractivity contribution in [2.45, 2.75) is 0 Å². The highest BCUT2D eigenvalue weighted by Gasteiger charge is 2.16. The van der Waals surface area contributed by atoms with Gasteiger partial charge in [0.25, 0.3) is 0 Å². The molecule has 0 saturated carbocycles. The molecule has 0 amide bonds. The maximum absolute atomic E-state index is 6.28. The number of benzene rings is 4. The first-order valence-corrected chi connectivity index (χ1v) is 10.2. The molecule has 0 radical (unpaired) electrons. The van der Waals surface area contributed by atoms with Crippen LogP contribution in [-0.4, -0.2) is 11.9 Å². The maximum atomic E-state index is 6.28. The van der Waals surface area contributed by atoms with E-state index >= 15 is 0 Å². The van der Waals surface area contributed by atoms with Gasteiger partial charge in [0.2, 0.25) is 11.9 Å². The smallest absolute Gasteiger partial charge is 0.227 e. The molecular formula is C26H24N6. The van der Waals surface area contributed by atoms with Gasteiger partial charge < -0.3 is 11.1 Å². The molecule has 0 aliphatic carbocycles. The molecule has 0 saturated heterocycles. The fourth-order valence-electron chi connectivity index (χ4n) is 3.01. The molecule has 4 N–H and O–H groups in total. The van der Waals surface area contributed by atoms with E-state index in [0.717, 1.165) is 22.7 Å². The maximum Gasteiger partial charge on any atom is 0.227 e. The average Bonchev–Trinajstić information content (AvgIpc) is 2.85. The van der Waals surface area contributed by atoms with Crippen molar-refractivity contribution >= 4 is 34.7 Å². The number of nitrogens with zero attached hydrogens (tertiary/aromatic N) is 3. The van der Waals surface area contributed by atoms with Crippen molar-refractivity contribution in [2.75, 3.05) is 10.3 Å². The first kappa shape index (κ1) is 20.7. The van der Waals surface area contributed by atoms with Gasteiger partial charge in [-0.15, -0.1) is 0 Å². The Morgan fingerprint density at radius 1 is 0.594 bits per heavy atom. The molecule has 0 fully saturated rings. The molecule has 0 atom stereocenters. The van der Waals surface area contributed by atoms with Crippen LogP contribution >= 0.6 is 0 Å². The molecule has 32 heavy (non-hydrogen) atoms. The highest BCUT2D eigenvalue weighted by atomic mass is 15.6. The van der Waals surface area contributed by atoms with E-state index in [-0.39, 0.29) is 5.96 Å². The number of nitrogens with one attached hydrogen (secondary N) is 2. The van der Waals surface area contributed by atoms with Crippen LogP contribution in [0.1, 0.15) is 0 Å². The number of aliphatic imine (C=N–C) groups is 2. The van der Waals surface area contributed by atoms with E-state index < -0.39 is 0 Å². The quantitative estimate of drug-likeness (QED) is 0.233. The molecule has 0 aliphatic rings. The van der Waals surface area contributed by atoms with E-state index in [1.165, 1.54) is 0 Å². The predicted octanol–water partition coefficient (Wildman–Crippen LogP) is 5.44. The lowest BCUT2D eigenvalue weighted by Crippen LogP contribution is -2.52. The number of rotatable bonds is 4. The van der Waals surface area contributed by atoms with Crippen LogP contribution in [0.2, 0.25) is 0 Å². The summed E-state index contributed by atoms with van der Waals surface area (Å²) in [5, 5.41) is 5.18. The van der Waals surface area contributed by atoms with E-state index in [0.29, 0.717) is 5.96 Å². The molecule has 0 aliphatic heterocycles. The molecular weight excluding hydrogens is 396 g/mol. The summed E-state index contributed by atoms with van der Waals surface area (Å²) in [6.07, 6.45) is 0. The zero-order valence-electron chi connectivity index (χ0n) is 17.5. The lowest BCUT2D eigenvalue weighted by molar-refractivity contribution is 0.944. The summed E-state index contributed by atoms with van der Waals surface area (Å²) in [5.74, 6) is 0.774. The summed E-state index contributed by atoms with van der Waals surface area (Å²) in [7, 11) is 0. The van der Waals surface area contributed by atoms with Crippen LogP contribution in [0.4, 0.5) is 22.7 Å². The third-order valence-electron chi connectivity index (χ3n) is 4.48. The zero-order chi connectivity index (χ0) is 22.0. The second-order valence-electron chi connectivity index (χ2n) is 6.88. The van der Waals surface area contributed by atoms with Gasteiger partial charge in [0.05, 0.1) is 17.1 Å². The van der Waals surface area contributed by atoms with Gasteiger partial charge >= 0.3 is 0 Å². The number of hydrazine groups is 1. The highest BCUT2D eigenvalue weighted by molar-refractivity contribution is 6.08. The molecule has 0 unspecified atom stereocenters. The standard InChI is InChI=1S/C26H24N6/c27-25(28-21-13-5-1-6-14-21)31-32(24-19-11-4-12-20-24)26(29-22-15-7-2-8-16-22)30-23-17-9-3-10-18-23/h1-20H,(H,29,30)(H3,27,28,31). The number of hydrogen-bond donors (Lipinski definition) is 3. The van der Waals surface area contributed by atoms with E-state index in [1.807, 2.05) is 121 Å². The predicted molar refractivity (Wildman–Crippen MR) is 133 cm³/mol. The highest BCUT2D eigenvalue weighted by Crippen LogP contribution is 2.18. The van der Waals surface area contributed by atoms with Crippen molar-refractivity contribution < 1.29 is 0 Å². The fraction of sp³-hybridized carbons (Fsp3) is 0. The van der Waals surface area contributed by atoms with Gasteiger partial charge in [0, 0.05) is 5.69 Å². The molecule has 4 aromatic rings. The minimum atomic E-state index is 0.232. The first-order valence-electron chi connectivity index (χ1n) is 10.2. The molecule has 4 rings (SSSR count). The topological polar surface area (TPSA) is 78.0 Å². The van der Waals surface area contributed by atoms with Crippen molar-refractivity contribution in [3.8, 4) is 0 Å². The van der Waals surface area contributed by atoms with Gasteiger partial charge in [-0.05, 0) is 48.5 Å². The van der Waals surface area contributed by atoms with E-state index in [1.54, 1.807) is 5.01 Å². The zero-order valence-corrected chi connectivity index (χ0v) is 17.5. The van der Waals surface area contributed by atoms with Crippen molar-refractivity contribution in [1.29, 1.82) is 0 Å². The Morgan fingerprint density at radius 3 is 1.62 bits per heavy atom. The third kappa shape index (κ3) is 5.73. The average molecular weight is 421 g/mol. The first-order chi connectivity index (χ1) is 15.8. The molecule has 6 nitrogen and oxygen atoms in total. The number of anilines is 2. The van der Waals surface area contributed by atoms with Crippen molar-refractivity contribution in [1.82, 2.24) is 5.43 Å². The van der Waals surface area contributed by atoms with E-state index in [9.17, 15) is 0 Å². The van der Waals surface area contributed by atoms with Crippen molar-refractivity contribution in [3.05, 3.63) is 121 Å². The van der Waals surface area contributed by atoms with Crippen LogP contribution in [-0.2, 0) is 0 Å². The van der Waals surface area contributed by atoms with Crippen LogP contribution in [0.15, 0.2) is 131 Å². The molecule has 158 valence electrons. The molecule has 0 bridgehead atoms. The largest absolute Gasteiger partial charge is 0.368 e. The van der Waals surface area contributed by atoms with Crippen molar-refractivity contribution in [2.24, 2.45) is 15.7 Å². The third-order valence-corrected chi connectivity index (χ3v) is 4.48. The lowest BCUT2D eigenvalue weighted by atomic mass is 10.3. The van der Waals surface area contributed by atoms with E-state index in [4.69, 9.17) is 10.7 Å². The van der Waals surface area contributed by atoms with Crippen LogP contribution in [0.5, 0.6) is 0 Å². The Labute approximate surface area is 187 Å². The summed E-state index contributed by atoms with van der Waals surface area (Å²) in [5.41, 5.74) is 12.8. The Hall–Kier alpha value is -4.58. The van der Waals surface area contributed by atoms with Crippen molar-refractivity contribution in [3.63, 3.8) is 0 Å². The summed E-state index contributed by atoms with van der Waals surface area (Å²) in [4.78, 5) is 9.33. The SMILES string of the molecule is NC(=Nc1ccccc1)NN(C(=Nc1ccccc1)Nc1ccccc1)c1ccccc1. The number of hydrogen-bond acceptors (Lipinski definition) is 2. The Morgan fingerprint density at radius 2 is 1.06 bits per heavy atom. The molecule has 0 heterocycles. The minimum Gasteiger partial charge on any atom is -0.368 e.